The van der Waals surface area contributed by atoms with Crippen molar-refractivity contribution in [3.8, 4) is 22.1 Å². The molecule has 2 aromatic heterocycles. The fourth-order valence-corrected chi connectivity index (χ4v) is 3.12. The smallest absolute Gasteiger partial charge is 0.270 e. The summed E-state index contributed by atoms with van der Waals surface area (Å²) in [6, 6.07) is 14.2. The first-order chi connectivity index (χ1) is 11.2. The maximum Gasteiger partial charge on any atom is 0.270 e. The summed E-state index contributed by atoms with van der Waals surface area (Å²) in [6.07, 6.45) is 0. The number of para-hydroxylation sites is 2. The lowest BCUT2D eigenvalue weighted by molar-refractivity contribution is -0.384. The number of hydrogen-bond acceptors (Lipinski definition) is 5. The molecule has 1 N–H and O–H groups in total. The van der Waals surface area contributed by atoms with Crippen molar-refractivity contribution in [1.29, 1.82) is 0 Å². The molecule has 4 aromatic rings. The number of thiazole rings is 1. The Bertz CT molecular complexity index is 989. The second-order valence-corrected chi connectivity index (χ2v) is 5.81. The molecule has 0 saturated heterocycles. The normalized spacial score (nSPS) is 11.0. The van der Waals surface area contributed by atoms with Gasteiger partial charge in [-0.1, -0.05) is 24.3 Å². The van der Waals surface area contributed by atoms with E-state index in [1.54, 1.807) is 6.07 Å². The average Bonchev–Trinajstić information content (AvgIpc) is 3.21. The predicted octanol–water partition coefficient (Wildman–Crippen LogP) is 4.26. The van der Waals surface area contributed by atoms with Crippen molar-refractivity contribution < 1.29 is 4.92 Å². The molecule has 2 heterocycles. The molecule has 0 aliphatic rings. The number of imidazole rings is 1. The predicted molar refractivity (Wildman–Crippen MR) is 89.3 cm³/mol. The fraction of sp³-hybridized carbons (Fsp3) is 0. The van der Waals surface area contributed by atoms with Gasteiger partial charge >= 0.3 is 0 Å². The van der Waals surface area contributed by atoms with Gasteiger partial charge in [-0.25, -0.2) is 9.97 Å². The van der Waals surface area contributed by atoms with E-state index >= 15 is 0 Å². The first kappa shape index (κ1) is 13.6. The van der Waals surface area contributed by atoms with Crippen LogP contribution in [0.1, 0.15) is 0 Å². The van der Waals surface area contributed by atoms with E-state index in [2.05, 4.69) is 15.0 Å². The second-order valence-electron chi connectivity index (χ2n) is 4.95. The van der Waals surface area contributed by atoms with Crippen LogP contribution in [-0.4, -0.2) is 19.9 Å². The van der Waals surface area contributed by atoms with Crippen LogP contribution < -0.4 is 0 Å². The second kappa shape index (κ2) is 5.29. The molecule has 0 fully saturated rings. The molecule has 0 atom stereocenters. The highest BCUT2D eigenvalue weighted by Crippen LogP contribution is 2.30. The number of nitro benzene ring substituents is 1. The molecule has 0 aliphatic carbocycles. The van der Waals surface area contributed by atoms with Crippen LogP contribution in [0.4, 0.5) is 5.69 Å². The molecule has 0 aliphatic heterocycles. The Morgan fingerprint density at radius 1 is 1.09 bits per heavy atom. The van der Waals surface area contributed by atoms with Crippen molar-refractivity contribution in [1.82, 2.24) is 15.0 Å². The number of nitrogens with zero attached hydrogens (tertiary/aromatic N) is 3. The maximum atomic E-state index is 10.9. The van der Waals surface area contributed by atoms with E-state index in [4.69, 9.17) is 0 Å². The van der Waals surface area contributed by atoms with E-state index in [9.17, 15) is 10.1 Å². The quantitative estimate of drug-likeness (QED) is 0.451. The van der Waals surface area contributed by atoms with Crippen LogP contribution in [0.25, 0.3) is 33.1 Å². The van der Waals surface area contributed by atoms with Crippen LogP contribution in [0.5, 0.6) is 0 Å². The van der Waals surface area contributed by atoms with Crippen molar-refractivity contribution in [2.45, 2.75) is 0 Å². The molecule has 0 bridgehead atoms. The number of benzene rings is 2. The SMILES string of the molecule is O=[N+]([O-])c1cccc(-c2csc(-c3nc4ccccc4[nH]3)n2)c1. The zero-order valence-corrected chi connectivity index (χ0v) is 12.6. The fourth-order valence-electron chi connectivity index (χ4n) is 2.35. The number of nitro groups is 1. The van der Waals surface area contributed by atoms with Crippen LogP contribution >= 0.6 is 11.3 Å². The van der Waals surface area contributed by atoms with Crippen LogP contribution in [-0.2, 0) is 0 Å². The highest BCUT2D eigenvalue weighted by molar-refractivity contribution is 7.13. The number of aromatic amines is 1. The van der Waals surface area contributed by atoms with E-state index in [0.717, 1.165) is 21.6 Å². The van der Waals surface area contributed by atoms with Gasteiger partial charge in [-0.15, -0.1) is 11.3 Å². The molecule has 23 heavy (non-hydrogen) atoms. The summed E-state index contributed by atoms with van der Waals surface area (Å²) in [5.41, 5.74) is 3.32. The van der Waals surface area contributed by atoms with Gasteiger partial charge in [0.1, 0.15) is 0 Å². The first-order valence-corrected chi connectivity index (χ1v) is 7.74. The molecular weight excluding hydrogens is 312 g/mol. The number of nitrogens with one attached hydrogen (secondary N) is 1. The van der Waals surface area contributed by atoms with Gasteiger partial charge in [0.05, 0.1) is 21.7 Å². The number of H-pyrrole nitrogens is 1. The monoisotopic (exact) mass is 322 g/mol. The highest BCUT2D eigenvalue weighted by Gasteiger charge is 2.13. The van der Waals surface area contributed by atoms with Crippen LogP contribution in [0.15, 0.2) is 53.9 Å². The van der Waals surface area contributed by atoms with Gasteiger partial charge in [0, 0.05) is 23.1 Å². The van der Waals surface area contributed by atoms with Crippen LogP contribution in [0, 0.1) is 10.1 Å². The molecule has 4 rings (SSSR count). The van der Waals surface area contributed by atoms with E-state index in [1.807, 2.05) is 35.7 Å². The molecule has 0 unspecified atom stereocenters. The standard InChI is InChI=1S/C16H10N4O2S/c21-20(22)11-5-3-4-10(8-11)14-9-23-16(19-14)15-17-12-6-1-2-7-13(12)18-15/h1-9H,(H,17,18). The largest absolute Gasteiger partial charge is 0.336 e. The summed E-state index contributed by atoms with van der Waals surface area (Å²) in [6.45, 7) is 0. The summed E-state index contributed by atoms with van der Waals surface area (Å²) in [4.78, 5) is 22.8. The Hall–Kier alpha value is -3.06. The van der Waals surface area contributed by atoms with E-state index < -0.39 is 4.92 Å². The van der Waals surface area contributed by atoms with E-state index in [0.29, 0.717) is 11.5 Å². The number of aromatic nitrogens is 3. The average molecular weight is 322 g/mol. The van der Waals surface area contributed by atoms with Crippen LogP contribution in [0.2, 0.25) is 0 Å². The summed E-state index contributed by atoms with van der Waals surface area (Å²) < 4.78 is 0. The van der Waals surface area contributed by atoms with E-state index in [1.165, 1.54) is 23.5 Å². The van der Waals surface area contributed by atoms with Gasteiger partial charge in [-0.3, -0.25) is 10.1 Å². The van der Waals surface area contributed by atoms with Crippen molar-refractivity contribution in [2.24, 2.45) is 0 Å². The Morgan fingerprint density at radius 2 is 1.96 bits per heavy atom. The Labute approximate surface area is 134 Å². The lowest BCUT2D eigenvalue weighted by Gasteiger charge is -1.96. The highest BCUT2D eigenvalue weighted by atomic mass is 32.1. The molecule has 0 saturated carbocycles. The van der Waals surface area contributed by atoms with Gasteiger partial charge in [-0.05, 0) is 12.1 Å². The lowest BCUT2D eigenvalue weighted by atomic mass is 10.1. The topological polar surface area (TPSA) is 84.7 Å². The Kier molecular flexibility index (Phi) is 3.13. The van der Waals surface area contributed by atoms with Gasteiger partial charge in [0.2, 0.25) is 0 Å². The minimum Gasteiger partial charge on any atom is -0.336 e. The maximum absolute atomic E-state index is 10.9. The zero-order chi connectivity index (χ0) is 15.8. The third kappa shape index (κ3) is 2.47. The number of fused-ring (bicyclic) bond motifs is 1. The van der Waals surface area contributed by atoms with E-state index in [-0.39, 0.29) is 5.69 Å². The lowest BCUT2D eigenvalue weighted by Crippen LogP contribution is -1.88. The zero-order valence-electron chi connectivity index (χ0n) is 11.8. The molecular formula is C16H10N4O2S. The molecule has 7 heteroatoms. The van der Waals surface area contributed by atoms with Gasteiger partial charge in [0.15, 0.2) is 10.8 Å². The number of hydrogen-bond donors (Lipinski definition) is 1. The molecule has 2 aromatic carbocycles. The minimum atomic E-state index is -0.407. The Balaban J connectivity index is 1.74. The molecule has 112 valence electrons. The van der Waals surface area contributed by atoms with Crippen molar-refractivity contribution in [3.63, 3.8) is 0 Å². The van der Waals surface area contributed by atoms with Gasteiger partial charge in [0.25, 0.3) is 5.69 Å². The summed E-state index contributed by atoms with van der Waals surface area (Å²) in [5, 5.41) is 13.5. The summed E-state index contributed by atoms with van der Waals surface area (Å²) >= 11 is 1.45. The van der Waals surface area contributed by atoms with Crippen molar-refractivity contribution in [2.75, 3.05) is 0 Å². The van der Waals surface area contributed by atoms with Crippen molar-refractivity contribution in [3.05, 3.63) is 64.0 Å². The molecule has 0 radical (unpaired) electrons. The summed E-state index contributed by atoms with van der Waals surface area (Å²) in [7, 11) is 0. The number of non-ortho nitro benzene ring substituents is 1. The first-order valence-electron chi connectivity index (χ1n) is 6.86. The van der Waals surface area contributed by atoms with Gasteiger partial charge < -0.3 is 4.98 Å². The molecule has 0 amide bonds. The van der Waals surface area contributed by atoms with Crippen molar-refractivity contribution >= 4 is 28.1 Å². The number of rotatable bonds is 3. The Morgan fingerprint density at radius 3 is 2.78 bits per heavy atom. The van der Waals surface area contributed by atoms with Crippen LogP contribution in [0.3, 0.4) is 0 Å². The molecule has 6 nitrogen and oxygen atoms in total. The molecule has 0 spiro atoms. The summed E-state index contributed by atoms with van der Waals surface area (Å²) in [5.74, 6) is 0.702. The van der Waals surface area contributed by atoms with Gasteiger partial charge in [-0.2, -0.15) is 0 Å². The minimum absolute atomic E-state index is 0.0563. The third-order valence-electron chi connectivity index (χ3n) is 3.45. The third-order valence-corrected chi connectivity index (χ3v) is 4.30.